The number of hydrogen-bond donors (Lipinski definition) is 1. The van der Waals surface area contributed by atoms with Gasteiger partial charge in [0.05, 0.1) is 4.92 Å². The molecular weight excluding hydrogens is 258 g/mol. The predicted molar refractivity (Wildman–Crippen MR) is 77.2 cm³/mol. The summed E-state index contributed by atoms with van der Waals surface area (Å²) in [5.74, 6) is 0. The molecule has 6 nitrogen and oxygen atoms in total. The Morgan fingerprint density at radius 1 is 1.45 bits per heavy atom. The van der Waals surface area contributed by atoms with Crippen molar-refractivity contribution in [2.75, 3.05) is 25.0 Å². The minimum atomic E-state index is -0.462. The zero-order valence-electron chi connectivity index (χ0n) is 11.5. The van der Waals surface area contributed by atoms with Crippen molar-refractivity contribution in [2.24, 2.45) is 0 Å². The maximum atomic E-state index is 11.0. The van der Waals surface area contributed by atoms with Crippen LogP contribution in [0.1, 0.15) is 30.1 Å². The number of rotatable bonds is 6. The van der Waals surface area contributed by atoms with Gasteiger partial charge >= 0.3 is 0 Å². The Labute approximate surface area is 117 Å². The van der Waals surface area contributed by atoms with Crippen molar-refractivity contribution in [3.63, 3.8) is 0 Å². The first-order chi connectivity index (χ1) is 9.61. The average Bonchev–Trinajstić information content (AvgIpc) is 2.98. The topological polar surface area (TPSA) is 75.5 Å². The number of carbonyl (C=O) groups excluding carboxylic acids is 1. The lowest BCUT2D eigenvalue weighted by molar-refractivity contribution is -0.384. The Morgan fingerprint density at radius 2 is 2.15 bits per heavy atom. The van der Waals surface area contributed by atoms with Crippen LogP contribution in [-0.2, 0) is 0 Å². The molecule has 1 fully saturated rings. The van der Waals surface area contributed by atoms with Crippen molar-refractivity contribution < 1.29 is 9.72 Å². The summed E-state index contributed by atoms with van der Waals surface area (Å²) in [6, 6.07) is 4.82. The maximum absolute atomic E-state index is 11.0. The molecule has 0 saturated carbocycles. The van der Waals surface area contributed by atoms with Gasteiger partial charge < -0.3 is 5.32 Å². The maximum Gasteiger partial charge on any atom is 0.293 e. The predicted octanol–water partition coefficient (Wildman–Crippen LogP) is 2.30. The SMILES string of the molecule is CC(CNc1ccc(C=O)cc1[N+](=O)[O-])N1CCCC1. The number of aldehydes is 1. The first-order valence-corrected chi connectivity index (χ1v) is 6.83. The lowest BCUT2D eigenvalue weighted by Crippen LogP contribution is -2.35. The molecule has 2 rings (SSSR count). The molecule has 1 unspecified atom stereocenters. The second kappa shape index (κ2) is 6.47. The lowest BCUT2D eigenvalue weighted by Gasteiger charge is -2.24. The van der Waals surface area contributed by atoms with Gasteiger partial charge in [0.25, 0.3) is 5.69 Å². The number of likely N-dealkylation sites (tertiary alicyclic amines) is 1. The van der Waals surface area contributed by atoms with E-state index in [1.807, 2.05) is 0 Å². The van der Waals surface area contributed by atoms with Crippen LogP contribution in [0.15, 0.2) is 18.2 Å². The van der Waals surface area contributed by atoms with Crippen molar-refractivity contribution in [3.05, 3.63) is 33.9 Å². The van der Waals surface area contributed by atoms with Crippen LogP contribution in [0.5, 0.6) is 0 Å². The van der Waals surface area contributed by atoms with Gasteiger partial charge in [-0.25, -0.2) is 0 Å². The van der Waals surface area contributed by atoms with Crippen LogP contribution in [0, 0.1) is 10.1 Å². The molecule has 1 aromatic carbocycles. The molecule has 108 valence electrons. The van der Waals surface area contributed by atoms with Crippen LogP contribution in [0.4, 0.5) is 11.4 Å². The van der Waals surface area contributed by atoms with Gasteiger partial charge in [-0.3, -0.25) is 19.8 Å². The number of nitro benzene ring substituents is 1. The summed E-state index contributed by atoms with van der Waals surface area (Å²) in [6.07, 6.45) is 3.06. The molecule has 0 bridgehead atoms. The first-order valence-electron chi connectivity index (χ1n) is 6.83. The van der Waals surface area contributed by atoms with Gasteiger partial charge in [0.1, 0.15) is 12.0 Å². The Hall–Kier alpha value is -1.95. The fourth-order valence-electron chi connectivity index (χ4n) is 2.49. The number of nitrogens with one attached hydrogen (secondary N) is 1. The normalized spacial score (nSPS) is 16.9. The van der Waals surface area contributed by atoms with Crippen molar-refractivity contribution >= 4 is 17.7 Å². The van der Waals surface area contributed by atoms with Crippen LogP contribution in [-0.4, -0.2) is 41.8 Å². The van der Waals surface area contributed by atoms with E-state index in [9.17, 15) is 14.9 Å². The summed E-state index contributed by atoms with van der Waals surface area (Å²) < 4.78 is 0. The molecular formula is C14H19N3O3. The molecule has 1 aliphatic heterocycles. The van der Waals surface area contributed by atoms with E-state index in [-0.39, 0.29) is 5.69 Å². The fourth-order valence-corrected chi connectivity index (χ4v) is 2.49. The highest BCUT2D eigenvalue weighted by atomic mass is 16.6. The molecule has 1 atom stereocenters. The highest BCUT2D eigenvalue weighted by Gasteiger charge is 2.19. The molecule has 6 heteroatoms. The average molecular weight is 277 g/mol. The molecule has 1 aliphatic rings. The minimum absolute atomic E-state index is 0.0526. The molecule has 1 aromatic rings. The first kappa shape index (κ1) is 14.5. The quantitative estimate of drug-likeness (QED) is 0.490. The molecule has 20 heavy (non-hydrogen) atoms. The number of nitro groups is 1. The summed E-state index contributed by atoms with van der Waals surface area (Å²) in [4.78, 5) is 23.6. The van der Waals surface area contributed by atoms with Crippen molar-refractivity contribution in [1.29, 1.82) is 0 Å². The molecule has 0 aromatic heterocycles. The van der Waals surface area contributed by atoms with Gasteiger partial charge in [-0.15, -0.1) is 0 Å². The van der Waals surface area contributed by atoms with Gasteiger partial charge in [0.2, 0.25) is 0 Å². The fraction of sp³-hybridized carbons (Fsp3) is 0.500. The molecule has 0 amide bonds. The van der Waals surface area contributed by atoms with Crippen LogP contribution < -0.4 is 5.32 Å². The largest absolute Gasteiger partial charge is 0.378 e. The molecule has 0 radical (unpaired) electrons. The number of benzene rings is 1. The monoisotopic (exact) mass is 277 g/mol. The van der Waals surface area contributed by atoms with Crippen molar-refractivity contribution in [3.8, 4) is 0 Å². The third-order valence-corrected chi connectivity index (χ3v) is 3.71. The number of anilines is 1. The highest BCUT2D eigenvalue weighted by molar-refractivity contribution is 5.79. The number of hydrogen-bond acceptors (Lipinski definition) is 5. The molecule has 0 aliphatic carbocycles. The second-order valence-electron chi connectivity index (χ2n) is 5.12. The zero-order valence-corrected chi connectivity index (χ0v) is 11.5. The summed E-state index contributed by atoms with van der Waals surface area (Å²) >= 11 is 0. The molecule has 1 heterocycles. The van der Waals surface area contributed by atoms with Gasteiger partial charge in [0, 0.05) is 24.2 Å². The summed E-state index contributed by atoms with van der Waals surface area (Å²) in [6.45, 7) is 4.95. The summed E-state index contributed by atoms with van der Waals surface area (Å²) in [5, 5.41) is 14.2. The number of nitrogens with zero attached hydrogens (tertiary/aromatic N) is 2. The van der Waals surface area contributed by atoms with E-state index in [2.05, 4.69) is 17.1 Å². The molecule has 1 saturated heterocycles. The van der Waals surface area contributed by atoms with Gasteiger partial charge in [-0.1, -0.05) is 0 Å². The van der Waals surface area contributed by atoms with E-state index < -0.39 is 4.92 Å². The van der Waals surface area contributed by atoms with Crippen molar-refractivity contribution in [1.82, 2.24) is 4.90 Å². The van der Waals surface area contributed by atoms with Crippen LogP contribution >= 0.6 is 0 Å². The van der Waals surface area contributed by atoms with Gasteiger partial charge in [-0.05, 0) is 45.0 Å². The van der Waals surface area contributed by atoms with E-state index in [1.165, 1.54) is 18.9 Å². The third-order valence-electron chi connectivity index (χ3n) is 3.71. The number of carbonyl (C=O) groups is 1. The minimum Gasteiger partial charge on any atom is -0.378 e. The summed E-state index contributed by atoms with van der Waals surface area (Å²) in [5.41, 5.74) is 0.727. The van der Waals surface area contributed by atoms with Crippen molar-refractivity contribution in [2.45, 2.75) is 25.8 Å². The Morgan fingerprint density at radius 3 is 2.75 bits per heavy atom. The van der Waals surface area contributed by atoms with E-state index in [1.54, 1.807) is 12.1 Å². The Kier molecular flexibility index (Phi) is 4.68. The van der Waals surface area contributed by atoms with Gasteiger partial charge in [-0.2, -0.15) is 0 Å². The highest BCUT2D eigenvalue weighted by Crippen LogP contribution is 2.25. The Balaban J connectivity index is 2.04. The zero-order chi connectivity index (χ0) is 14.5. The molecule has 1 N–H and O–H groups in total. The second-order valence-corrected chi connectivity index (χ2v) is 5.12. The molecule has 0 spiro atoms. The van der Waals surface area contributed by atoms with Crippen LogP contribution in [0.3, 0.4) is 0 Å². The van der Waals surface area contributed by atoms with E-state index in [4.69, 9.17) is 0 Å². The smallest absolute Gasteiger partial charge is 0.293 e. The van der Waals surface area contributed by atoms with Crippen LogP contribution in [0.2, 0.25) is 0 Å². The third kappa shape index (κ3) is 3.33. The summed E-state index contributed by atoms with van der Waals surface area (Å²) in [7, 11) is 0. The standard InChI is InChI=1S/C14H19N3O3/c1-11(16-6-2-3-7-16)9-15-13-5-4-12(10-18)8-14(13)17(19)20/h4-5,8,10-11,15H,2-3,6-7,9H2,1H3. The van der Waals surface area contributed by atoms with E-state index in [0.717, 1.165) is 13.1 Å². The van der Waals surface area contributed by atoms with Crippen LogP contribution in [0.25, 0.3) is 0 Å². The van der Waals surface area contributed by atoms with E-state index in [0.29, 0.717) is 30.1 Å². The lowest BCUT2D eigenvalue weighted by atomic mass is 10.2. The van der Waals surface area contributed by atoms with Gasteiger partial charge in [0.15, 0.2) is 0 Å². The Bertz CT molecular complexity index is 498. The van der Waals surface area contributed by atoms with E-state index >= 15 is 0 Å².